The van der Waals surface area contributed by atoms with Crippen LogP contribution >= 0.6 is 0 Å². The van der Waals surface area contributed by atoms with Crippen LogP contribution in [0, 0.1) is 5.41 Å². The number of nitrogens with zero attached hydrogens (tertiary/aromatic N) is 2. The van der Waals surface area contributed by atoms with Crippen molar-refractivity contribution in [1.82, 2.24) is 9.13 Å². The van der Waals surface area contributed by atoms with Crippen LogP contribution in [0.2, 0.25) is 0 Å². The van der Waals surface area contributed by atoms with Gasteiger partial charge in [-0.25, -0.2) is 4.79 Å². The molecule has 1 heterocycles. The van der Waals surface area contributed by atoms with Gasteiger partial charge in [0.1, 0.15) is 0 Å². The van der Waals surface area contributed by atoms with E-state index in [1.54, 1.807) is 35.4 Å². The number of carboxylic acid groups (broad SMARTS) is 1. The monoisotopic (exact) mass is 302 g/mol. The summed E-state index contributed by atoms with van der Waals surface area (Å²) in [5.41, 5.74) is 0.835. The number of aromatic nitrogens is 2. The Morgan fingerprint density at radius 2 is 1.77 bits per heavy atom. The summed E-state index contributed by atoms with van der Waals surface area (Å²) in [6, 6.07) is 7.56. The Labute approximate surface area is 129 Å². The van der Waals surface area contributed by atoms with Crippen molar-refractivity contribution in [1.29, 1.82) is 0 Å². The van der Waals surface area contributed by atoms with Crippen molar-refractivity contribution >= 4 is 5.97 Å². The predicted octanol–water partition coefficient (Wildman–Crippen LogP) is 2.87. The lowest BCUT2D eigenvalue weighted by atomic mass is 9.86. The maximum atomic E-state index is 12.3. The molecule has 0 aliphatic rings. The van der Waals surface area contributed by atoms with Crippen molar-refractivity contribution in [3.8, 4) is 5.69 Å². The maximum absolute atomic E-state index is 12.3. The molecule has 5 nitrogen and oxygen atoms in total. The number of carboxylic acids is 1. The summed E-state index contributed by atoms with van der Waals surface area (Å²) >= 11 is 0. The second-order valence-corrected chi connectivity index (χ2v) is 6.48. The van der Waals surface area contributed by atoms with E-state index in [2.05, 4.69) is 0 Å². The number of benzene rings is 1. The molecule has 0 atom stereocenters. The molecule has 5 heteroatoms. The first kappa shape index (κ1) is 16.1. The van der Waals surface area contributed by atoms with E-state index in [1.807, 2.05) is 38.1 Å². The zero-order chi connectivity index (χ0) is 16.5. The molecular weight excluding hydrogens is 280 g/mol. The lowest BCUT2D eigenvalue weighted by Crippen LogP contribution is -2.26. The fourth-order valence-electron chi connectivity index (χ4n) is 2.34. The van der Waals surface area contributed by atoms with Crippen LogP contribution < -0.4 is 5.69 Å². The molecule has 1 aromatic heterocycles. The number of carbonyl (C=O) groups is 1. The third-order valence-electron chi connectivity index (χ3n) is 3.80. The van der Waals surface area contributed by atoms with E-state index in [4.69, 9.17) is 0 Å². The second kappa shape index (κ2) is 5.83. The van der Waals surface area contributed by atoms with Gasteiger partial charge in [-0.2, -0.15) is 0 Å². The molecular formula is C17H22N2O3. The summed E-state index contributed by atoms with van der Waals surface area (Å²) in [6.45, 7) is 7.33. The van der Waals surface area contributed by atoms with Gasteiger partial charge in [-0.05, 0) is 51.8 Å². The average Bonchev–Trinajstić information content (AvgIpc) is 2.81. The van der Waals surface area contributed by atoms with Gasteiger partial charge in [0.2, 0.25) is 0 Å². The second-order valence-electron chi connectivity index (χ2n) is 6.48. The molecule has 1 aromatic carbocycles. The molecule has 0 fully saturated rings. The van der Waals surface area contributed by atoms with Crippen molar-refractivity contribution in [3.05, 3.63) is 52.7 Å². The van der Waals surface area contributed by atoms with Crippen LogP contribution in [0.1, 0.15) is 39.3 Å². The first-order valence-electron chi connectivity index (χ1n) is 7.34. The van der Waals surface area contributed by atoms with E-state index >= 15 is 0 Å². The highest BCUT2D eigenvalue weighted by molar-refractivity contribution is 5.74. The Balaban J connectivity index is 2.26. The highest BCUT2D eigenvalue weighted by Gasteiger charge is 2.27. The fourth-order valence-corrected chi connectivity index (χ4v) is 2.34. The summed E-state index contributed by atoms with van der Waals surface area (Å²) in [4.78, 5) is 23.4. The average molecular weight is 302 g/mol. The Hall–Kier alpha value is -2.30. The van der Waals surface area contributed by atoms with E-state index in [9.17, 15) is 14.7 Å². The van der Waals surface area contributed by atoms with Crippen LogP contribution in [0.5, 0.6) is 0 Å². The molecule has 2 rings (SSSR count). The van der Waals surface area contributed by atoms with E-state index in [1.165, 1.54) is 0 Å². The van der Waals surface area contributed by atoms with Crippen LogP contribution in [0.25, 0.3) is 5.69 Å². The largest absolute Gasteiger partial charge is 0.481 e. The fraction of sp³-hybridized carbons (Fsp3) is 0.412. The van der Waals surface area contributed by atoms with Gasteiger partial charge >= 0.3 is 11.7 Å². The Bertz CT molecular complexity index is 721. The minimum absolute atomic E-state index is 0.0754. The topological polar surface area (TPSA) is 64.2 Å². The van der Waals surface area contributed by atoms with Crippen LogP contribution in [-0.4, -0.2) is 20.2 Å². The van der Waals surface area contributed by atoms with E-state index in [0.29, 0.717) is 6.42 Å². The molecule has 118 valence electrons. The Kier molecular flexibility index (Phi) is 4.26. The van der Waals surface area contributed by atoms with Gasteiger partial charge in [-0.15, -0.1) is 0 Å². The van der Waals surface area contributed by atoms with E-state index < -0.39 is 11.4 Å². The van der Waals surface area contributed by atoms with Crippen molar-refractivity contribution in [3.63, 3.8) is 0 Å². The standard InChI is InChI=1S/C17H22N2O3/c1-12(2)18-9-10-19(16(18)22)14-7-5-13(6-8-14)11-17(3,4)15(20)21/h5-10,12H,11H2,1-4H3,(H,20,21). The number of rotatable bonds is 5. The quantitative estimate of drug-likeness (QED) is 0.923. The molecule has 0 spiro atoms. The summed E-state index contributed by atoms with van der Waals surface area (Å²) in [5.74, 6) is -0.818. The van der Waals surface area contributed by atoms with Gasteiger partial charge in [0.25, 0.3) is 0 Å². The van der Waals surface area contributed by atoms with Crippen molar-refractivity contribution < 1.29 is 9.90 Å². The van der Waals surface area contributed by atoms with Gasteiger partial charge < -0.3 is 5.11 Å². The van der Waals surface area contributed by atoms with Gasteiger partial charge in [-0.1, -0.05) is 12.1 Å². The highest BCUT2D eigenvalue weighted by atomic mass is 16.4. The summed E-state index contributed by atoms with van der Waals surface area (Å²) in [5, 5.41) is 9.18. The molecule has 2 aromatic rings. The zero-order valence-corrected chi connectivity index (χ0v) is 13.4. The van der Waals surface area contributed by atoms with Crippen LogP contribution in [0.15, 0.2) is 41.5 Å². The number of hydrogen-bond donors (Lipinski definition) is 1. The Morgan fingerprint density at radius 1 is 1.18 bits per heavy atom. The van der Waals surface area contributed by atoms with E-state index in [0.717, 1.165) is 11.3 Å². The minimum Gasteiger partial charge on any atom is -0.481 e. The van der Waals surface area contributed by atoms with Crippen LogP contribution in [0.4, 0.5) is 0 Å². The molecule has 0 aliphatic carbocycles. The molecule has 1 N–H and O–H groups in total. The van der Waals surface area contributed by atoms with Crippen molar-refractivity contribution in [2.75, 3.05) is 0 Å². The number of hydrogen-bond acceptors (Lipinski definition) is 2. The molecule has 0 aliphatic heterocycles. The summed E-state index contributed by atoms with van der Waals surface area (Å²) in [6.07, 6.45) is 3.97. The van der Waals surface area contributed by atoms with Crippen molar-refractivity contribution in [2.24, 2.45) is 5.41 Å². The molecule has 22 heavy (non-hydrogen) atoms. The highest BCUT2D eigenvalue weighted by Crippen LogP contribution is 2.22. The SMILES string of the molecule is CC(C)n1ccn(-c2ccc(CC(C)(C)C(=O)O)cc2)c1=O. The summed E-state index contributed by atoms with van der Waals surface area (Å²) in [7, 11) is 0. The third-order valence-corrected chi connectivity index (χ3v) is 3.80. The molecule has 0 saturated heterocycles. The minimum atomic E-state index is -0.818. The lowest BCUT2D eigenvalue weighted by molar-refractivity contribution is -0.146. The predicted molar refractivity (Wildman–Crippen MR) is 85.5 cm³/mol. The normalized spacial score (nSPS) is 11.9. The maximum Gasteiger partial charge on any atom is 0.332 e. The third kappa shape index (κ3) is 3.13. The molecule has 0 radical (unpaired) electrons. The van der Waals surface area contributed by atoms with Gasteiger partial charge in [0.15, 0.2) is 0 Å². The van der Waals surface area contributed by atoms with Crippen molar-refractivity contribution in [2.45, 2.75) is 40.2 Å². The summed E-state index contributed by atoms with van der Waals surface area (Å²) < 4.78 is 3.26. The van der Waals surface area contributed by atoms with E-state index in [-0.39, 0.29) is 11.7 Å². The zero-order valence-electron chi connectivity index (χ0n) is 13.4. The van der Waals surface area contributed by atoms with Gasteiger partial charge in [-0.3, -0.25) is 13.9 Å². The van der Waals surface area contributed by atoms with Crippen LogP contribution in [-0.2, 0) is 11.2 Å². The van der Waals surface area contributed by atoms with Gasteiger partial charge in [0.05, 0.1) is 11.1 Å². The van der Waals surface area contributed by atoms with Gasteiger partial charge in [0, 0.05) is 18.4 Å². The smallest absolute Gasteiger partial charge is 0.332 e. The molecule has 0 unspecified atom stereocenters. The lowest BCUT2D eigenvalue weighted by Gasteiger charge is -2.19. The molecule has 0 amide bonds. The molecule has 0 saturated carbocycles. The first-order valence-corrected chi connectivity index (χ1v) is 7.34. The number of imidazole rings is 1. The Morgan fingerprint density at radius 3 is 2.23 bits per heavy atom. The van der Waals surface area contributed by atoms with Crippen LogP contribution in [0.3, 0.4) is 0 Å². The molecule has 0 bridgehead atoms. The number of aliphatic carboxylic acids is 1. The first-order chi connectivity index (χ1) is 10.2.